The Bertz CT molecular complexity index is 448. The van der Waals surface area contributed by atoms with Gasteiger partial charge in [0.15, 0.2) is 0 Å². The smallest absolute Gasteiger partial charge is 0.243 e. The number of aryl methyl sites for hydroxylation is 1. The average molecular weight is 246 g/mol. The number of carbonyl (C=O) groups is 1. The van der Waals surface area contributed by atoms with Crippen LogP contribution in [0.4, 0.5) is 5.69 Å². The second kappa shape index (κ2) is 4.63. The van der Waals surface area contributed by atoms with E-state index in [0.717, 1.165) is 18.5 Å². The van der Waals surface area contributed by atoms with E-state index < -0.39 is 5.54 Å². The van der Waals surface area contributed by atoms with Gasteiger partial charge in [0.05, 0.1) is 0 Å². The fourth-order valence-corrected chi connectivity index (χ4v) is 2.67. The van der Waals surface area contributed by atoms with Crippen molar-refractivity contribution in [2.45, 2.75) is 39.2 Å². The van der Waals surface area contributed by atoms with Crippen molar-refractivity contribution in [1.29, 1.82) is 0 Å². The first kappa shape index (κ1) is 12.9. The minimum Gasteiger partial charge on any atom is -0.371 e. The van der Waals surface area contributed by atoms with Crippen LogP contribution in [-0.2, 0) is 4.79 Å². The molecule has 0 heterocycles. The maximum atomic E-state index is 11.7. The SMILES string of the molecule is Cc1cccc(NC2(C(N)=O)CC(C(C)C)C2)c1. The van der Waals surface area contributed by atoms with Crippen LogP contribution >= 0.6 is 0 Å². The van der Waals surface area contributed by atoms with Gasteiger partial charge in [0.2, 0.25) is 5.91 Å². The van der Waals surface area contributed by atoms with E-state index in [1.165, 1.54) is 5.56 Å². The molecule has 3 heteroatoms. The Morgan fingerprint density at radius 3 is 2.61 bits per heavy atom. The predicted octanol–water partition coefficient (Wildman–Crippen LogP) is 2.70. The van der Waals surface area contributed by atoms with E-state index in [0.29, 0.717) is 11.8 Å². The Labute approximate surface area is 109 Å². The zero-order chi connectivity index (χ0) is 13.3. The van der Waals surface area contributed by atoms with E-state index in [1.54, 1.807) is 0 Å². The highest BCUT2D eigenvalue weighted by Gasteiger charge is 2.49. The topological polar surface area (TPSA) is 55.1 Å². The molecule has 1 fully saturated rings. The first-order valence-electron chi connectivity index (χ1n) is 6.58. The normalized spacial score (nSPS) is 26.8. The van der Waals surface area contributed by atoms with Crippen LogP contribution in [0.15, 0.2) is 24.3 Å². The molecule has 0 spiro atoms. The highest BCUT2D eigenvalue weighted by Crippen LogP contribution is 2.44. The second-order valence-electron chi connectivity index (χ2n) is 5.85. The number of hydrogen-bond donors (Lipinski definition) is 2. The number of anilines is 1. The molecule has 0 saturated heterocycles. The van der Waals surface area contributed by atoms with Crippen molar-refractivity contribution in [3.05, 3.63) is 29.8 Å². The lowest BCUT2D eigenvalue weighted by atomic mass is 9.63. The molecule has 0 atom stereocenters. The highest BCUT2D eigenvalue weighted by atomic mass is 16.1. The van der Waals surface area contributed by atoms with Crippen LogP contribution in [0.25, 0.3) is 0 Å². The van der Waals surface area contributed by atoms with Crippen molar-refractivity contribution in [2.24, 2.45) is 17.6 Å². The van der Waals surface area contributed by atoms with Gasteiger partial charge in [-0.2, -0.15) is 0 Å². The molecule has 0 radical (unpaired) electrons. The van der Waals surface area contributed by atoms with Gasteiger partial charge in [-0.3, -0.25) is 4.79 Å². The Morgan fingerprint density at radius 2 is 2.11 bits per heavy atom. The molecule has 1 amide bonds. The Balaban J connectivity index is 2.12. The maximum absolute atomic E-state index is 11.7. The van der Waals surface area contributed by atoms with E-state index in [2.05, 4.69) is 19.2 Å². The van der Waals surface area contributed by atoms with Crippen molar-refractivity contribution in [3.8, 4) is 0 Å². The number of carbonyl (C=O) groups excluding carboxylic acids is 1. The summed E-state index contributed by atoms with van der Waals surface area (Å²) >= 11 is 0. The molecule has 0 bridgehead atoms. The van der Waals surface area contributed by atoms with Crippen molar-refractivity contribution in [1.82, 2.24) is 0 Å². The lowest BCUT2D eigenvalue weighted by Crippen LogP contribution is -2.60. The molecular formula is C15H22N2O. The van der Waals surface area contributed by atoms with Crippen LogP contribution in [0, 0.1) is 18.8 Å². The van der Waals surface area contributed by atoms with Crippen molar-refractivity contribution in [2.75, 3.05) is 5.32 Å². The summed E-state index contributed by atoms with van der Waals surface area (Å²) in [5.74, 6) is 0.965. The van der Waals surface area contributed by atoms with Crippen LogP contribution in [0.1, 0.15) is 32.3 Å². The number of rotatable bonds is 4. The summed E-state index contributed by atoms with van der Waals surface area (Å²) in [4.78, 5) is 11.7. The van der Waals surface area contributed by atoms with E-state index in [-0.39, 0.29) is 5.91 Å². The summed E-state index contributed by atoms with van der Waals surface area (Å²) < 4.78 is 0. The molecule has 3 N–H and O–H groups in total. The number of amides is 1. The monoisotopic (exact) mass is 246 g/mol. The number of hydrogen-bond acceptors (Lipinski definition) is 2. The van der Waals surface area contributed by atoms with Gasteiger partial charge in [-0.05, 0) is 49.3 Å². The molecule has 3 nitrogen and oxygen atoms in total. The highest BCUT2D eigenvalue weighted by molar-refractivity contribution is 5.89. The summed E-state index contributed by atoms with van der Waals surface area (Å²) in [6.07, 6.45) is 1.68. The Kier molecular flexibility index (Phi) is 3.33. The first-order chi connectivity index (χ1) is 8.43. The molecule has 98 valence electrons. The third-order valence-electron chi connectivity index (χ3n) is 4.04. The van der Waals surface area contributed by atoms with Gasteiger partial charge in [0, 0.05) is 5.69 Å². The fraction of sp³-hybridized carbons (Fsp3) is 0.533. The van der Waals surface area contributed by atoms with Crippen molar-refractivity contribution < 1.29 is 4.79 Å². The minimum absolute atomic E-state index is 0.235. The number of primary amides is 1. The maximum Gasteiger partial charge on any atom is 0.243 e. The number of nitrogens with one attached hydrogen (secondary N) is 1. The van der Waals surface area contributed by atoms with Gasteiger partial charge in [0.25, 0.3) is 0 Å². The number of benzene rings is 1. The van der Waals surface area contributed by atoms with Crippen LogP contribution < -0.4 is 11.1 Å². The van der Waals surface area contributed by atoms with Gasteiger partial charge >= 0.3 is 0 Å². The standard InChI is InChI=1S/C15H22N2O/c1-10(2)12-8-15(9-12,14(16)18)17-13-6-4-5-11(3)7-13/h4-7,10,12,17H,8-9H2,1-3H3,(H2,16,18). The van der Waals surface area contributed by atoms with E-state index >= 15 is 0 Å². The van der Waals surface area contributed by atoms with Gasteiger partial charge in [-0.25, -0.2) is 0 Å². The molecule has 1 saturated carbocycles. The zero-order valence-corrected chi connectivity index (χ0v) is 11.4. The molecule has 0 aromatic heterocycles. The average Bonchev–Trinajstić information content (AvgIpc) is 2.21. The molecular weight excluding hydrogens is 224 g/mol. The largest absolute Gasteiger partial charge is 0.371 e. The molecule has 2 rings (SSSR count). The van der Waals surface area contributed by atoms with Crippen LogP contribution in [0.5, 0.6) is 0 Å². The minimum atomic E-state index is -0.539. The molecule has 0 aliphatic heterocycles. The Hall–Kier alpha value is -1.51. The van der Waals surface area contributed by atoms with Gasteiger partial charge in [-0.1, -0.05) is 26.0 Å². The summed E-state index contributed by atoms with van der Waals surface area (Å²) in [5.41, 5.74) is 7.20. The molecule has 1 aromatic rings. The predicted molar refractivity (Wildman–Crippen MR) is 74.3 cm³/mol. The van der Waals surface area contributed by atoms with Gasteiger partial charge in [0.1, 0.15) is 5.54 Å². The van der Waals surface area contributed by atoms with Crippen LogP contribution in [0.3, 0.4) is 0 Å². The Morgan fingerprint density at radius 1 is 1.44 bits per heavy atom. The summed E-state index contributed by atoms with van der Waals surface area (Å²) in [6, 6.07) is 8.07. The molecule has 1 aliphatic rings. The third kappa shape index (κ3) is 2.35. The van der Waals surface area contributed by atoms with E-state index in [1.807, 2.05) is 31.2 Å². The summed E-state index contributed by atoms with van der Waals surface area (Å²) in [7, 11) is 0. The fourth-order valence-electron chi connectivity index (χ4n) is 2.67. The van der Waals surface area contributed by atoms with Crippen LogP contribution in [0.2, 0.25) is 0 Å². The molecule has 1 aliphatic carbocycles. The number of nitrogens with two attached hydrogens (primary N) is 1. The summed E-state index contributed by atoms with van der Waals surface area (Å²) in [5, 5.41) is 3.34. The van der Waals surface area contributed by atoms with Gasteiger partial charge in [-0.15, -0.1) is 0 Å². The lowest BCUT2D eigenvalue weighted by molar-refractivity contribution is -0.127. The molecule has 1 aromatic carbocycles. The zero-order valence-electron chi connectivity index (χ0n) is 11.4. The van der Waals surface area contributed by atoms with E-state index in [4.69, 9.17) is 5.73 Å². The lowest BCUT2D eigenvalue weighted by Gasteiger charge is -2.48. The quantitative estimate of drug-likeness (QED) is 0.858. The molecule has 18 heavy (non-hydrogen) atoms. The van der Waals surface area contributed by atoms with Crippen molar-refractivity contribution >= 4 is 11.6 Å². The third-order valence-corrected chi connectivity index (χ3v) is 4.04. The second-order valence-corrected chi connectivity index (χ2v) is 5.85. The molecule has 0 unspecified atom stereocenters. The van der Waals surface area contributed by atoms with Crippen LogP contribution in [-0.4, -0.2) is 11.4 Å². The van der Waals surface area contributed by atoms with Gasteiger partial charge < -0.3 is 11.1 Å². The van der Waals surface area contributed by atoms with Crippen molar-refractivity contribution in [3.63, 3.8) is 0 Å². The summed E-state index contributed by atoms with van der Waals surface area (Å²) in [6.45, 7) is 6.43. The first-order valence-corrected chi connectivity index (χ1v) is 6.58. The van der Waals surface area contributed by atoms with E-state index in [9.17, 15) is 4.79 Å².